The van der Waals surface area contributed by atoms with Crippen LogP contribution in [0.1, 0.15) is 17.0 Å². The van der Waals surface area contributed by atoms with Crippen LogP contribution in [0.2, 0.25) is 0 Å². The van der Waals surface area contributed by atoms with Crippen LogP contribution >= 0.6 is 15.9 Å². The van der Waals surface area contributed by atoms with Gasteiger partial charge in [-0.3, -0.25) is 4.79 Å². The number of methoxy groups -OCH3 is 1. The zero-order valence-corrected chi connectivity index (χ0v) is 18.1. The van der Waals surface area contributed by atoms with Crippen LogP contribution in [0.4, 0.5) is 0 Å². The maximum atomic E-state index is 12.2. The number of hydrogen-bond donors (Lipinski definition) is 1. The van der Waals surface area contributed by atoms with E-state index < -0.39 is 18.5 Å². The molecule has 1 amide bonds. The van der Waals surface area contributed by atoms with Gasteiger partial charge in [-0.05, 0) is 55.8 Å². The summed E-state index contributed by atoms with van der Waals surface area (Å²) in [7, 11) is 1.52. The third-order valence-corrected chi connectivity index (χ3v) is 4.69. The van der Waals surface area contributed by atoms with Crippen molar-refractivity contribution in [1.82, 2.24) is 9.88 Å². The molecule has 2 rings (SSSR count). The highest BCUT2D eigenvalue weighted by Gasteiger charge is 2.16. The third kappa shape index (κ3) is 6.04. The minimum absolute atomic E-state index is 0.175. The van der Waals surface area contributed by atoms with Crippen LogP contribution in [-0.2, 0) is 19.1 Å². The van der Waals surface area contributed by atoms with Gasteiger partial charge in [0.05, 0.1) is 6.61 Å². The third-order valence-electron chi connectivity index (χ3n) is 4.16. The molecule has 29 heavy (non-hydrogen) atoms. The van der Waals surface area contributed by atoms with Gasteiger partial charge in [-0.1, -0.05) is 15.9 Å². The predicted octanol–water partition coefficient (Wildman–Crippen LogP) is 3.07. The van der Waals surface area contributed by atoms with Gasteiger partial charge in [0, 0.05) is 35.2 Å². The molecular formula is C21H22BrN3O4. The molecule has 7 nitrogen and oxygen atoms in total. The Hall–Kier alpha value is -2.89. The number of nitrogens with zero attached hydrogens (tertiary/aromatic N) is 2. The summed E-state index contributed by atoms with van der Waals surface area (Å²) in [5, 5.41) is 11.9. The molecule has 1 heterocycles. The lowest BCUT2D eigenvalue weighted by Crippen LogP contribution is -2.31. The second-order valence-corrected chi connectivity index (χ2v) is 7.14. The first-order chi connectivity index (χ1) is 13.9. The average Bonchev–Trinajstić information content (AvgIpc) is 2.98. The van der Waals surface area contributed by atoms with E-state index in [1.807, 2.05) is 54.8 Å². The van der Waals surface area contributed by atoms with E-state index in [-0.39, 0.29) is 5.57 Å². The lowest BCUT2D eigenvalue weighted by molar-refractivity contribution is -0.144. The van der Waals surface area contributed by atoms with Crippen molar-refractivity contribution in [2.24, 2.45) is 0 Å². The molecular weight excluding hydrogens is 438 g/mol. The fourth-order valence-corrected chi connectivity index (χ4v) is 3.03. The van der Waals surface area contributed by atoms with Crippen LogP contribution in [0.3, 0.4) is 0 Å². The van der Waals surface area contributed by atoms with Gasteiger partial charge in [-0.15, -0.1) is 0 Å². The standard InChI is InChI=1S/C21H22BrN3O4/c1-14-10-16(15(2)25(14)19-6-4-18(22)5-7-19)11-17(12-23)21(27)29-13-20(26)24-8-9-28-3/h4-7,10-11H,8-9,13H2,1-3H3,(H,24,26)/b17-11+. The number of aromatic nitrogens is 1. The Balaban J connectivity index is 2.15. The topological polar surface area (TPSA) is 93.3 Å². The van der Waals surface area contributed by atoms with Crippen LogP contribution in [0.5, 0.6) is 0 Å². The van der Waals surface area contributed by atoms with Gasteiger partial charge in [-0.25, -0.2) is 4.79 Å². The maximum absolute atomic E-state index is 12.2. The highest BCUT2D eigenvalue weighted by atomic mass is 79.9. The first-order valence-electron chi connectivity index (χ1n) is 8.86. The molecule has 0 spiro atoms. The second-order valence-electron chi connectivity index (χ2n) is 6.23. The summed E-state index contributed by atoms with van der Waals surface area (Å²) in [6.07, 6.45) is 1.48. The highest BCUT2D eigenvalue weighted by Crippen LogP contribution is 2.24. The van der Waals surface area contributed by atoms with Crippen molar-refractivity contribution >= 4 is 33.9 Å². The Bertz CT molecular complexity index is 956. The summed E-state index contributed by atoms with van der Waals surface area (Å²) < 4.78 is 12.8. The number of ether oxygens (including phenoxy) is 2. The van der Waals surface area contributed by atoms with Crippen molar-refractivity contribution in [1.29, 1.82) is 5.26 Å². The van der Waals surface area contributed by atoms with Gasteiger partial charge < -0.3 is 19.4 Å². The predicted molar refractivity (Wildman–Crippen MR) is 112 cm³/mol. The van der Waals surface area contributed by atoms with E-state index in [9.17, 15) is 14.9 Å². The first kappa shape index (κ1) is 22.4. The molecule has 0 fully saturated rings. The molecule has 152 valence electrons. The number of hydrogen-bond acceptors (Lipinski definition) is 5. The first-order valence-corrected chi connectivity index (χ1v) is 9.66. The van der Waals surface area contributed by atoms with Crippen molar-refractivity contribution in [3.05, 3.63) is 57.3 Å². The zero-order chi connectivity index (χ0) is 21.4. The summed E-state index contributed by atoms with van der Waals surface area (Å²) >= 11 is 3.42. The van der Waals surface area contributed by atoms with E-state index in [2.05, 4.69) is 21.2 Å². The van der Waals surface area contributed by atoms with Gasteiger partial charge in [0.15, 0.2) is 6.61 Å². The highest BCUT2D eigenvalue weighted by molar-refractivity contribution is 9.10. The summed E-state index contributed by atoms with van der Waals surface area (Å²) in [5.74, 6) is -1.30. The Labute approximate surface area is 178 Å². The van der Waals surface area contributed by atoms with Crippen LogP contribution in [-0.4, -0.2) is 43.3 Å². The van der Waals surface area contributed by atoms with Gasteiger partial charge in [0.2, 0.25) is 0 Å². The van der Waals surface area contributed by atoms with E-state index >= 15 is 0 Å². The number of halogens is 1. The summed E-state index contributed by atoms with van der Waals surface area (Å²) in [6.45, 7) is 4.07. The molecule has 0 aliphatic carbocycles. The van der Waals surface area contributed by atoms with E-state index in [4.69, 9.17) is 9.47 Å². The number of benzene rings is 1. The molecule has 8 heteroatoms. The SMILES string of the molecule is COCCNC(=O)COC(=O)/C(C#N)=C/c1cc(C)n(-c2ccc(Br)cc2)c1C. The van der Waals surface area contributed by atoms with Gasteiger partial charge >= 0.3 is 5.97 Å². The number of carbonyl (C=O) groups is 2. The fraction of sp³-hybridized carbons (Fsp3) is 0.286. The van der Waals surface area contributed by atoms with Crippen LogP contribution in [0.15, 0.2) is 40.4 Å². The number of esters is 1. The largest absolute Gasteiger partial charge is 0.451 e. The molecule has 0 atom stereocenters. The Morgan fingerprint density at radius 3 is 2.59 bits per heavy atom. The molecule has 0 radical (unpaired) electrons. The molecule has 0 unspecified atom stereocenters. The van der Waals surface area contributed by atoms with Crippen molar-refractivity contribution in [2.45, 2.75) is 13.8 Å². The fourth-order valence-electron chi connectivity index (χ4n) is 2.77. The second kappa shape index (κ2) is 10.6. The van der Waals surface area contributed by atoms with Gasteiger partial charge in [0.25, 0.3) is 5.91 Å². The van der Waals surface area contributed by atoms with Crippen LogP contribution in [0, 0.1) is 25.2 Å². The Morgan fingerprint density at radius 1 is 1.28 bits per heavy atom. The lowest BCUT2D eigenvalue weighted by Gasteiger charge is -2.09. The molecule has 1 aromatic heterocycles. The number of carbonyl (C=O) groups excluding carboxylic acids is 2. The monoisotopic (exact) mass is 459 g/mol. The lowest BCUT2D eigenvalue weighted by atomic mass is 10.1. The maximum Gasteiger partial charge on any atom is 0.349 e. The summed E-state index contributed by atoms with van der Waals surface area (Å²) in [5.41, 5.74) is 3.35. The molecule has 0 saturated heterocycles. The van der Waals surface area contributed by atoms with Crippen LogP contribution in [0.25, 0.3) is 11.8 Å². The molecule has 0 saturated carbocycles. The van der Waals surface area contributed by atoms with Crippen LogP contribution < -0.4 is 5.32 Å². The normalized spacial score (nSPS) is 11.1. The average molecular weight is 460 g/mol. The molecule has 0 aliphatic rings. The smallest absolute Gasteiger partial charge is 0.349 e. The molecule has 1 aromatic carbocycles. The number of aryl methyl sites for hydroxylation is 1. The zero-order valence-electron chi connectivity index (χ0n) is 16.5. The molecule has 0 bridgehead atoms. The molecule has 0 aliphatic heterocycles. The van der Waals surface area contributed by atoms with Crippen molar-refractivity contribution in [3.8, 4) is 11.8 Å². The minimum Gasteiger partial charge on any atom is -0.451 e. The Kier molecular flexibility index (Phi) is 8.19. The minimum atomic E-state index is -0.845. The number of nitrogens with one attached hydrogen (secondary N) is 1. The number of rotatable bonds is 8. The number of amides is 1. The molecule has 2 aromatic rings. The van der Waals surface area contributed by atoms with Crippen molar-refractivity contribution in [2.75, 3.05) is 26.9 Å². The van der Waals surface area contributed by atoms with Crippen molar-refractivity contribution < 1.29 is 19.1 Å². The van der Waals surface area contributed by atoms with Gasteiger partial charge in [-0.2, -0.15) is 5.26 Å². The van der Waals surface area contributed by atoms with E-state index in [1.54, 1.807) is 0 Å². The van der Waals surface area contributed by atoms with Crippen molar-refractivity contribution in [3.63, 3.8) is 0 Å². The van der Waals surface area contributed by atoms with E-state index in [0.29, 0.717) is 13.2 Å². The quantitative estimate of drug-likeness (QED) is 0.283. The van der Waals surface area contributed by atoms with E-state index in [1.165, 1.54) is 13.2 Å². The summed E-state index contributed by atoms with van der Waals surface area (Å²) in [6, 6.07) is 11.6. The Morgan fingerprint density at radius 2 is 1.97 bits per heavy atom. The number of nitriles is 1. The summed E-state index contributed by atoms with van der Waals surface area (Å²) in [4.78, 5) is 23.8. The van der Waals surface area contributed by atoms with E-state index in [0.717, 1.165) is 27.1 Å². The molecule has 1 N–H and O–H groups in total. The van der Waals surface area contributed by atoms with Gasteiger partial charge in [0.1, 0.15) is 11.6 Å².